The third kappa shape index (κ3) is 1.93. The fourth-order valence-electron chi connectivity index (χ4n) is 1.66. The Morgan fingerprint density at radius 1 is 1.31 bits per heavy atom. The molecule has 0 amide bonds. The van der Waals surface area contributed by atoms with Gasteiger partial charge in [0.05, 0.1) is 5.69 Å². The Kier molecular flexibility index (Phi) is 2.92. The molecule has 0 saturated carbocycles. The van der Waals surface area contributed by atoms with Gasteiger partial charge in [0.2, 0.25) is 0 Å². The fraction of sp³-hybridized carbons (Fsp3) is 0.250. The summed E-state index contributed by atoms with van der Waals surface area (Å²) in [5.41, 5.74) is 9.09. The van der Waals surface area contributed by atoms with Gasteiger partial charge in [-0.05, 0) is 30.9 Å². The minimum Gasteiger partial charge on any atom is -0.384 e. The van der Waals surface area contributed by atoms with E-state index in [2.05, 4.69) is 36.5 Å². The third-order valence-corrected chi connectivity index (χ3v) is 3.35. The van der Waals surface area contributed by atoms with Crippen LogP contribution in [0, 0.1) is 6.92 Å². The number of aromatic nitrogens is 2. The van der Waals surface area contributed by atoms with E-state index in [0.717, 1.165) is 11.3 Å². The lowest BCUT2D eigenvalue weighted by atomic mass is 10.1. The number of nitrogens with zero attached hydrogens (tertiary/aromatic N) is 2. The van der Waals surface area contributed by atoms with Gasteiger partial charge in [-0.2, -0.15) is 5.10 Å². The lowest BCUT2D eigenvalue weighted by Crippen LogP contribution is -1.96. The van der Waals surface area contributed by atoms with Crippen molar-refractivity contribution in [2.24, 2.45) is 7.05 Å². The van der Waals surface area contributed by atoms with Crippen LogP contribution in [0.15, 0.2) is 29.2 Å². The Morgan fingerprint density at radius 3 is 2.56 bits per heavy atom. The monoisotopic (exact) mass is 233 g/mol. The SMILES string of the molecule is CSc1ccc(-c2cc(N)n(C)n2)c(C)c1. The van der Waals surface area contributed by atoms with E-state index in [9.17, 15) is 0 Å². The van der Waals surface area contributed by atoms with Crippen LogP contribution in [0.5, 0.6) is 0 Å². The van der Waals surface area contributed by atoms with E-state index in [1.165, 1.54) is 10.5 Å². The number of rotatable bonds is 2. The number of anilines is 1. The summed E-state index contributed by atoms with van der Waals surface area (Å²) in [5.74, 6) is 0.684. The van der Waals surface area contributed by atoms with Crippen molar-refractivity contribution in [3.05, 3.63) is 29.8 Å². The van der Waals surface area contributed by atoms with Gasteiger partial charge in [-0.1, -0.05) is 6.07 Å². The normalized spacial score (nSPS) is 10.7. The average molecular weight is 233 g/mol. The van der Waals surface area contributed by atoms with Gasteiger partial charge in [-0.15, -0.1) is 11.8 Å². The molecule has 84 valence electrons. The predicted octanol–water partition coefficient (Wildman–Crippen LogP) is 2.70. The zero-order valence-electron chi connectivity index (χ0n) is 9.69. The first-order chi connectivity index (χ1) is 7.61. The smallest absolute Gasteiger partial charge is 0.121 e. The van der Waals surface area contributed by atoms with Crippen LogP contribution in [0.1, 0.15) is 5.56 Å². The van der Waals surface area contributed by atoms with Crippen molar-refractivity contribution in [3.8, 4) is 11.3 Å². The van der Waals surface area contributed by atoms with Crippen molar-refractivity contribution < 1.29 is 0 Å². The standard InChI is InChI=1S/C12H15N3S/c1-8-6-9(16-3)4-5-10(8)11-7-12(13)15(2)14-11/h4-7H,13H2,1-3H3. The zero-order valence-corrected chi connectivity index (χ0v) is 10.5. The quantitative estimate of drug-likeness (QED) is 0.811. The molecule has 0 aliphatic heterocycles. The van der Waals surface area contributed by atoms with Crippen molar-refractivity contribution in [1.82, 2.24) is 9.78 Å². The minimum atomic E-state index is 0.684. The molecule has 2 rings (SSSR count). The van der Waals surface area contributed by atoms with Crippen LogP contribution in [0.4, 0.5) is 5.82 Å². The van der Waals surface area contributed by atoms with Crippen molar-refractivity contribution in [1.29, 1.82) is 0 Å². The number of aryl methyl sites for hydroxylation is 2. The number of nitrogen functional groups attached to an aromatic ring is 1. The first kappa shape index (κ1) is 11.1. The Bertz CT molecular complexity index is 497. The molecule has 16 heavy (non-hydrogen) atoms. The summed E-state index contributed by atoms with van der Waals surface area (Å²) in [5, 5.41) is 4.38. The van der Waals surface area contributed by atoms with Gasteiger partial charge in [0, 0.05) is 23.6 Å². The Labute approximate surface area is 99.7 Å². The van der Waals surface area contributed by atoms with Gasteiger partial charge in [0.25, 0.3) is 0 Å². The second kappa shape index (κ2) is 4.22. The number of benzene rings is 1. The van der Waals surface area contributed by atoms with Gasteiger partial charge in [-0.3, -0.25) is 4.68 Å². The summed E-state index contributed by atoms with van der Waals surface area (Å²) >= 11 is 1.74. The van der Waals surface area contributed by atoms with E-state index in [4.69, 9.17) is 5.73 Å². The highest BCUT2D eigenvalue weighted by atomic mass is 32.2. The van der Waals surface area contributed by atoms with Crippen molar-refractivity contribution in [3.63, 3.8) is 0 Å². The van der Waals surface area contributed by atoms with Crippen LogP contribution in [-0.2, 0) is 7.05 Å². The van der Waals surface area contributed by atoms with Crippen LogP contribution in [0.25, 0.3) is 11.3 Å². The first-order valence-electron chi connectivity index (χ1n) is 5.06. The molecule has 2 aromatic rings. The Hall–Kier alpha value is -1.42. The molecule has 1 heterocycles. The first-order valence-corrected chi connectivity index (χ1v) is 6.29. The highest BCUT2D eigenvalue weighted by molar-refractivity contribution is 7.98. The molecule has 0 fully saturated rings. The summed E-state index contributed by atoms with van der Waals surface area (Å²) < 4.78 is 1.69. The van der Waals surface area contributed by atoms with Gasteiger partial charge >= 0.3 is 0 Å². The molecule has 0 saturated heterocycles. The van der Waals surface area contributed by atoms with Crippen molar-refractivity contribution in [2.45, 2.75) is 11.8 Å². The van der Waals surface area contributed by atoms with Gasteiger partial charge < -0.3 is 5.73 Å². The van der Waals surface area contributed by atoms with Gasteiger partial charge in [0.1, 0.15) is 5.82 Å². The summed E-state index contributed by atoms with van der Waals surface area (Å²) in [6.45, 7) is 2.10. The molecule has 1 aromatic heterocycles. The summed E-state index contributed by atoms with van der Waals surface area (Å²) in [7, 11) is 1.85. The maximum atomic E-state index is 5.78. The second-order valence-electron chi connectivity index (χ2n) is 3.76. The van der Waals surface area contributed by atoms with Gasteiger partial charge in [0.15, 0.2) is 0 Å². The van der Waals surface area contributed by atoms with Crippen molar-refractivity contribution >= 4 is 17.6 Å². The fourth-order valence-corrected chi connectivity index (χ4v) is 2.16. The molecule has 1 aromatic carbocycles. The minimum absolute atomic E-state index is 0.684. The van der Waals surface area contributed by atoms with Crippen LogP contribution < -0.4 is 5.73 Å². The molecule has 4 heteroatoms. The van der Waals surface area contributed by atoms with Gasteiger partial charge in [-0.25, -0.2) is 0 Å². The van der Waals surface area contributed by atoms with Crippen LogP contribution >= 0.6 is 11.8 Å². The molecule has 0 atom stereocenters. The van der Waals surface area contributed by atoms with E-state index >= 15 is 0 Å². The molecule has 2 N–H and O–H groups in total. The van der Waals surface area contributed by atoms with E-state index in [0.29, 0.717) is 5.82 Å². The maximum absolute atomic E-state index is 5.78. The lowest BCUT2D eigenvalue weighted by molar-refractivity contribution is 0.782. The van der Waals surface area contributed by atoms with E-state index in [1.807, 2.05) is 13.1 Å². The van der Waals surface area contributed by atoms with E-state index in [-0.39, 0.29) is 0 Å². The van der Waals surface area contributed by atoms with Crippen molar-refractivity contribution in [2.75, 3.05) is 12.0 Å². The highest BCUT2D eigenvalue weighted by Crippen LogP contribution is 2.27. The summed E-state index contributed by atoms with van der Waals surface area (Å²) in [6.07, 6.45) is 2.08. The third-order valence-electron chi connectivity index (χ3n) is 2.63. The van der Waals surface area contributed by atoms with Crippen LogP contribution in [0.3, 0.4) is 0 Å². The molecular weight excluding hydrogens is 218 g/mol. The number of nitrogens with two attached hydrogens (primary N) is 1. The largest absolute Gasteiger partial charge is 0.384 e. The topological polar surface area (TPSA) is 43.8 Å². The number of hydrogen-bond donors (Lipinski definition) is 1. The number of thioether (sulfide) groups is 1. The molecule has 0 bridgehead atoms. The summed E-state index contributed by atoms with van der Waals surface area (Å²) in [6, 6.07) is 8.28. The maximum Gasteiger partial charge on any atom is 0.121 e. The molecule has 3 nitrogen and oxygen atoms in total. The van der Waals surface area contributed by atoms with Crippen LogP contribution in [-0.4, -0.2) is 16.0 Å². The average Bonchev–Trinajstić information content (AvgIpc) is 2.58. The van der Waals surface area contributed by atoms with E-state index < -0.39 is 0 Å². The zero-order chi connectivity index (χ0) is 11.7. The highest BCUT2D eigenvalue weighted by Gasteiger charge is 2.07. The Morgan fingerprint density at radius 2 is 2.06 bits per heavy atom. The summed E-state index contributed by atoms with van der Waals surface area (Å²) in [4.78, 5) is 1.27. The van der Waals surface area contributed by atoms with Crippen LogP contribution in [0.2, 0.25) is 0 Å². The number of hydrogen-bond acceptors (Lipinski definition) is 3. The molecule has 0 unspecified atom stereocenters. The molecule has 0 aliphatic carbocycles. The lowest BCUT2D eigenvalue weighted by Gasteiger charge is -2.04. The molecule has 0 spiro atoms. The molecular formula is C12H15N3S. The predicted molar refractivity (Wildman–Crippen MR) is 69.6 cm³/mol. The van der Waals surface area contributed by atoms with E-state index in [1.54, 1.807) is 16.4 Å². The second-order valence-corrected chi connectivity index (χ2v) is 4.64. The molecule has 0 aliphatic rings. The molecule has 0 radical (unpaired) electrons. The Balaban J connectivity index is 2.48.